The van der Waals surface area contributed by atoms with Gasteiger partial charge in [-0.2, -0.15) is 0 Å². The topological polar surface area (TPSA) is 20.3 Å². The van der Waals surface area contributed by atoms with Crippen LogP contribution in [0.25, 0.3) is 0 Å². The molecule has 1 unspecified atom stereocenters. The molecule has 0 bridgehead atoms. The maximum Gasteiger partial charge on any atom is 0.169 e. The molecule has 0 aromatic heterocycles. The smallest absolute Gasteiger partial charge is 0.169 e. The number of rotatable bonds is 4. The fourth-order valence-electron chi connectivity index (χ4n) is 2.79. The van der Waals surface area contributed by atoms with E-state index >= 15 is 0 Å². The van der Waals surface area contributed by atoms with Crippen LogP contribution in [0.5, 0.6) is 0 Å². The Kier molecular flexibility index (Phi) is 3.86. The lowest BCUT2D eigenvalue weighted by Gasteiger charge is -2.31. The average Bonchev–Trinajstić information content (AvgIpc) is 2.74. The Labute approximate surface area is 110 Å². The summed E-state index contributed by atoms with van der Waals surface area (Å²) >= 11 is 0. The Balaban J connectivity index is 2.08. The van der Waals surface area contributed by atoms with Crippen molar-refractivity contribution >= 4 is 5.78 Å². The molecule has 1 atom stereocenters. The normalized spacial score (nSPS) is 21.2. The Hall–Kier alpha value is -1.15. The van der Waals surface area contributed by atoms with Gasteiger partial charge in [-0.1, -0.05) is 44.2 Å². The molecule has 0 radical (unpaired) electrons. The summed E-state index contributed by atoms with van der Waals surface area (Å²) in [5, 5.41) is 0. The summed E-state index contributed by atoms with van der Waals surface area (Å²) in [4.78, 5) is 15.0. The number of nitrogens with zero attached hydrogens (tertiary/aromatic N) is 1. The number of Topliss-reactive ketones (excluding diaryl/α,β-unsaturated/α-hetero) is 1. The number of likely N-dealkylation sites (tertiary alicyclic amines) is 1. The molecule has 0 amide bonds. The standard InChI is InChI=1S/C16H23NO/c1-13-8-7-11-17(13)12-16(2,3)15(18)14-9-5-4-6-10-14/h4-6,9-10,13H,7-8,11-12H2,1-3H3. The van der Waals surface area contributed by atoms with E-state index in [1.54, 1.807) is 0 Å². The van der Waals surface area contributed by atoms with Gasteiger partial charge in [-0.15, -0.1) is 0 Å². The lowest BCUT2D eigenvalue weighted by atomic mass is 9.83. The Bertz CT molecular complexity index is 410. The zero-order valence-corrected chi connectivity index (χ0v) is 11.6. The van der Waals surface area contributed by atoms with E-state index in [9.17, 15) is 4.79 Å². The first-order chi connectivity index (χ1) is 8.50. The third-order valence-electron chi connectivity index (χ3n) is 3.94. The zero-order chi connectivity index (χ0) is 13.2. The van der Waals surface area contributed by atoms with Crippen molar-refractivity contribution in [3.8, 4) is 0 Å². The minimum Gasteiger partial charge on any atom is -0.300 e. The zero-order valence-electron chi connectivity index (χ0n) is 11.6. The second-order valence-electron chi connectivity index (χ2n) is 6.04. The summed E-state index contributed by atoms with van der Waals surface area (Å²) in [6.45, 7) is 8.38. The minimum atomic E-state index is -0.306. The molecule has 1 saturated heterocycles. The SMILES string of the molecule is CC1CCCN1CC(C)(C)C(=O)c1ccccc1. The highest BCUT2D eigenvalue weighted by atomic mass is 16.1. The van der Waals surface area contributed by atoms with Gasteiger partial charge in [-0.25, -0.2) is 0 Å². The molecule has 18 heavy (non-hydrogen) atoms. The van der Waals surface area contributed by atoms with Gasteiger partial charge in [0.25, 0.3) is 0 Å². The molecule has 1 aromatic rings. The van der Waals surface area contributed by atoms with Crippen molar-refractivity contribution in [3.63, 3.8) is 0 Å². The average molecular weight is 245 g/mol. The van der Waals surface area contributed by atoms with Crippen molar-refractivity contribution in [1.82, 2.24) is 4.90 Å². The third kappa shape index (κ3) is 2.81. The molecule has 1 heterocycles. The van der Waals surface area contributed by atoms with Gasteiger partial charge in [-0.3, -0.25) is 9.69 Å². The van der Waals surface area contributed by atoms with Crippen LogP contribution in [0.2, 0.25) is 0 Å². The Morgan fingerprint density at radius 2 is 2.00 bits per heavy atom. The Morgan fingerprint density at radius 3 is 2.56 bits per heavy atom. The second kappa shape index (κ2) is 5.23. The number of hydrogen-bond donors (Lipinski definition) is 0. The highest BCUT2D eigenvalue weighted by Gasteiger charge is 2.33. The lowest BCUT2D eigenvalue weighted by Crippen LogP contribution is -2.40. The number of benzene rings is 1. The van der Waals surface area contributed by atoms with Crippen molar-refractivity contribution in [2.24, 2.45) is 5.41 Å². The minimum absolute atomic E-state index is 0.252. The van der Waals surface area contributed by atoms with Crippen molar-refractivity contribution in [2.45, 2.75) is 39.7 Å². The highest BCUT2D eigenvalue weighted by Crippen LogP contribution is 2.27. The predicted molar refractivity (Wildman–Crippen MR) is 74.8 cm³/mol. The maximum absolute atomic E-state index is 12.5. The Morgan fingerprint density at radius 1 is 1.33 bits per heavy atom. The van der Waals surface area contributed by atoms with E-state index in [4.69, 9.17) is 0 Å². The van der Waals surface area contributed by atoms with E-state index in [1.807, 2.05) is 30.3 Å². The summed E-state index contributed by atoms with van der Waals surface area (Å²) in [5.74, 6) is 0.252. The van der Waals surface area contributed by atoms with Crippen LogP contribution in [0.15, 0.2) is 30.3 Å². The fraction of sp³-hybridized carbons (Fsp3) is 0.562. The molecule has 2 heteroatoms. The molecular weight excluding hydrogens is 222 g/mol. The van der Waals surface area contributed by atoms with Gasteiger partial charge in [0.1, 0.15) is 0 Å². The van der Waals surface area contributed by atoms with Gasteiger partial charge in [0.05, 0.1) is 0 Å². The van der Waals surface area contributed by atoms with Gasteiger partial charge in [0.2, 0.25) is 0 Å². The van der Waals surface area contributed by atoms with E-state index < -0.39 is 0 Å². The van der Waals surface area contributed by atoms with Crippen molar-refractivity contribution in [2.75, 3.05) is 13.1 Å². The van der Waals surface area contributed by atoms with Gasteiger partial charge in [-0.05, 0) is 26.3 Å². The van der Waals surface area contributed by atoms with E-state index in [2.05, 4.69) is 25.7 Å². The van der Waals surface area contributed by atoms with Crippen LogP contribution < -0.4 is 0 Å². The van der Waals surface area contributed by atoms with Crippen LogP contribution in [0.3, 0.4) is 0 Å². The number of carbonyl (C=O) groups excluding carboxylic acids is 1. The number of carbonyl (C=O) groups is 1. The molecule has 0 saturated carbocycles. The summed E-state index contributed by atoms with van der Waals surface area (Å²) in [6.07, 6.45) is 2.52. The number of ketones is 1. The molecule has 0 spiro atoms. The van der Waals surface area contributed by atoms with Crippen LogP contribution in [0.4, 0.5) is 0 Å². The molecule has 98 valence electrons. The largest absolute Gasteiger partial charge is 0.300 e. The van der Waals surface area contributed by atoms with Crippen LogP contribution in [-0.2, 0) is 0 Å². The number of hydrogen-bond acceptors (Lipinski definition) is 2. The summed E-state index contributed by atoms with van der Waals surface area (Å²) in [7, 11) is 0. The van der Waals surface area contributed by atoms with Gasteiger partial charge >= 0.3 is 0 Å². The molecule has 1 aliphatic rings. The summed E-state index contributed by atoms with van der Waals surface area (Å²) < 4.78 is 0. The second-order valence-corrected chi connectivity index (χ2v) is 6.04. The molecule has 0 N–H and O–H groups in total. The van der Waals surface area contributed by atoms with Crippen molar-refractivity contribution in [3.05, 3.63) is 35.9 Å². The van der Waals surface area contributed by atoms with E-state index in [0.717, 1.165) is 18.7 Å². The maximum atomic E-state index is 12.5. The predicted octanol–water partition coefficient (Wildman–Crippen LogP) is 3.38. The summed E-state index contributed by atoms with van der Waals surface area (Å²) in [5.41, 5.74) is 0.523. The molecular formula is C16H23NO. The monoisotopic (exact) mass is 245 g/mol. The quantitative estimate of drug-likeness (QED) is 0.758. The molecule has 1 aliphatic heterocycles. The third-order valence-corrected chi connectivity index (χ3v) is 3.94. The van der Waals surface area contributed by atoms with Crippen molar-refractivity contribution in [1.29, 1.82) is 0 Å². The van der Waals surface area contributed by atoms with Crippen LogP contribution >= 0.6 is 0 Å². The van der Waals surface area contributed by atoms with E-state index in [-0.39, 0.29) is 11.2 Å². The molecule has 2 rings (SSSR count). The van der Waals surface area contributed by atoms with Crippen LogP contribution in [0.1, 0.15) is 44.0 Å². The molecule has 0 aliphatic carbocycles. The van der Waals surface area contributed by atoms with Gasteiger partial charge in [0.15, 0.2) is 5.78 Å². The van der Waals surface area contributed by atoms with Gasteiger partial charge in [0, 0.05) is 23.6 Å². The van der Waals surface area contributed by atoms with Crippen LogP contribution in [0, 0.1) is 5.41 Å². The van der Waals surface area contributed by atoms with Crippen molar-refractivity contribution < 1.29 is 4.79 Å². The molecule has 1 aromatic carbocycles. The van der Waals surface area contributed by atoms with E-state index in [1.165, 1.54) is 12.8 Å². The first kappa shape index (κ1) is 13.3. The van der Waals surface area contributed by atoms with E-state index in [0.29, 0.717) is 6.04 Å². The molecule has 2 nitrogen and oxygen atoms in total. The van der Waals surface area contributed by atoms with Gasteiger partial charge < -0.3 is 0 Å². The first-order valence-corrected chi connectivity index (χ1v) is 6.84. The fourth-order valence-corrected chi connectivity index (χ4v) is 2.79. The molecule has 1 fully saturated rings. The lowest BCUT2D eigenvalue weighted by molar-refractivity contribution is 0.0759. The first-order valence-electron chi connectivity index (χ1n) is 6.84. The summed E-state index contributed by atoms with van der Waals surface area (Å²) in [6, 6.07) is 10.3. The van der Waals surface area contributed by atoms with Crippen LogP contribution in [-0.4, -0.2) is 29.8 Å². The highest BCUT2D eigenvalue weighted by molar-refractivity contribution is 6.00.